The van der Waals surface area contributed by atoms with E-state index in [9.17, 15) is 4.79 Å². The molecular weight excluding hydrogens is 306 g/mol. The fourth-order valence-electron chi connectivity index (χ4n) is 2.68. The Balaban J connectivity index is 1.94. The number of fused-ring (bicyclic) bond motifs is 1. The van der Waals surface area contributed by atoms with Crippen molar-refractivity contribution in [2.45, 2.75) is 6.42 Å². The van der Waals surface area contributed by atoms with E-state index in [4.69, 9.17) is 17.3 Å². The molecule has 1 aliphatic heterocycles. The third kappa shape index (κ3) is 2.73. The molecule has 1 fully saturated rings. The molecular formula is C15H18ClN3OS. The molecule has 2 heterocycles. The van der Waals surface area contributed by atoms with Gasteiger partial charge in [0.25, 0.3) is 5.91 Å². The molecule has 1 aromatic carbocycles. The summed E-state index contributed by atoms with van der Waals surface area (Å²) in [6, 6.07) is 5.65. The van der Waals surface area contributed by atoms with Gasteiger partial charge in [0.1, 0.15) is 4.88 Å². The zero-order valence-electron chi connectivity index (χ0n) is 11.9. The summed E-state index contributed by atoms with van der Waals surface area (Å²) in [6.07, 6.45) is 0.994. The standard InChI is InChI=1S/C15H18ClN3OS/c1-18-6-3-7-19(9-8-18)15(20)14-13(17)12-10(16)4-2-5-11(12)21-14/h2,4-5H,3,6-9,17H2,1H3. The molecule has 2 aromatic rings. The Kier molecular flexibility index (Phi) is 4.06. The zero-order chi connectivity index (χ0) is 15.0. The number of carbonyl (C=O) groups excluding carboxylic acids is 1. The summed E-state index contributed by atoms with van der Waals surface area (Å²) >= 11 is 7.64. The van der Waals surface area contributed by atoms with Crippen molar-refractivity contribution >= 4 is 44.6 Å². The predicted molar refractivity (Wildman–Crippen MR) is 89.3 cm³/mol. The van der Waals surface area contributed by atoms with E-state index in [1.165, 1.54) is 11.3 Å². The molecule has 1 saturated heterocycles. The van der Waals surface area contributed by atoms with Gasteiger partial charge in [-0.05, 0) is 32.1 Å². The Bertz CT molecular complexity index is 685. The maximum absolute atomic E-state index is 12.8. The Hall–Kier alpha value is -1.30. The first-order valence-corrected chi connectivity index (χ1v) is 8.21. The van der Waals surface area contributed by atoms with E-state index in [2.05, 4.69) is 11.9 Å². The van der Waals surface area contributed by atoms with Crippen LogP contribution in [0.5, 0.6) is 0 Å². The van der Waals surface area contributed by atoms with Crippen molar-refractivity contribution in [3.63, 3.8) is 0 Å². The van der Waals surface area contributed by atoms with E-state index in [1.807, 2.05) is 23.1 Å². The molecule has 2 N–H and O–H groups in total. The van der Waals surface area contributed by atoms with Crippen LogP contribution in [0.3, 0.4) is 0 Å². The van der Waals surface area contributed by atoms with Crippen molar-refractivity contribution in [3.8, 4) is 0 Å². The summed E-state index contributed by atoms with van der Waals surface area (Å²) in [4.78, 5) is 17.5. The molecule has 0 radical (unpaired) electrons. The normalized spacial score (nSPS) is 17.1. The summed E-state index contributed by atoms with van der Waals surface area (Å²) in [5.74, 6) is 0.0278. The van der Waals surface area contributed by atoms with Crippen LogP contribution in [0.25, 0.3) is 10.1 Å². The molecule has 112 valence electrons. The van der Waals surface area contributed by atoms with Crippen molar-refractivity contribution in [2.24, 2.45) is 0 Å². The second kappa shape index (κ2) is 5.83. The Labute approximate surface area is 133 Å². The third-order valence-electron chi connectivity index (χ3n) is 3.90. The third-order valence-corrected chi connectivity index (χ3v) is 5.38. The molecule has 1 aromatic heterocycles. The molecule has 0 aliphatic carbocycles. The van der Waals surface area contributed by atoms with Crippen LogP contribution in [0.4, 0.5) is 5.69 Å². The number of nitrogens with zero attached hydrogens (tertiary/aromatic N) is 2. The second-order valence-corrected chi connectivity index (χ2v) is 6.87. The lowest BCUT2D eigenvalue weighted by molar-refractivity contribution is 0.0768. The number of amides is 1. The fourth-order valence-corrected chi connectivity index (χ4v) is 4.13. The van der Waals surface area contributed by atoms with Crippen molar-refractivity contribution < 1.29 is 4.79 Å². The van der Waals surface area contributed by atoms with Gasteiger partial charge in [-0.25, -0.2) is 0 Å². The van der Waals surface area contributed by atoms with Gasteiger partial charge < -0.3 is 15.5 Å². The molecule has 1 aliphatic rings. The summed E-state index contributed by atoms with van der Waals surface area (Å²) in [7, 11) is 2.08. The molecule has 0 spiro atoms. The minimum absolute atomic E-state index is 0.0278. The van der Waals surface area contributed by atoms with Crippen molar-refractivity contribution in [1.29, 1.82) is 0 Å². The molecule has 0 unspecified atom stereocenters. The van der Waals surface area contributed by atoms with Crippen LogP contribution in [0, 0.1) is 0 Å². The minimum atomic E-state index is 0.0278. The minimum Gasteiger partial charge on any atom is -0.397 e. The number of anilines is 1. The van der Waals surface area contributed by atoms with Gasteiger partial charge in [-0.15, -0.1) is 11.3 Å². The van der Waals surface area contributed by atoms with Crippen LogP contribution >= 0.6 is 22.9 Å². The summed E-state index contributed by atoms with van der Waals surface area (Å²) < 4.78 is 0.968. The van der Waals surface area contributed by atoms with Gasteiger partial charge in [0.15, 0.2) is 0 Å². The average molecular weight is 324 g/mol. The van der Waals surface area contributed by atoms with Gasteiger partial charge in [0.05, 0.1) is 10.7 Å². The van der Waals surface area contributed by atoms with Gasteiger partial charge in [-0.3, -0.25) is 4.79 Å². The molecule has 0 bridgehead atoms. The lowest BCUT2D eigenvalue weighted by atomic mass is 10.2. The Morgan fingerprint density at radius 1 is 1.29 bits per heavy atom. The highest BCUT2D eigenvalue weighted by molar-refractivity contribution is 7.21. The molecule has 4 nitrogen and oxygen atoms in total. The number of thiophene rings is 1. The lowest BCUT2D eigenvalue weighted by Crippen LogP contribution is -2.34. The van der Waals surface area contributed by atoms with Gasteiger partial charge in [-0.2, -0.15) is 0 Å². The largest absolute Gasteiger partial charge is 0.397 e. The fraction of sp³-hybridized carbons (Fsp3) is 0.400. The van der Waals surface area contributed by atoms with E-state index < -0.39 is 0 Å². The van der Waals surface area contributed by atoms with E-state index in [0.29, 0.717) is 15.6 Å². The molecule has 3 rings (SSSR count). The van der Waals surface area contributed by atoms with E-state index in [1.54, 1.807) is 0 Å². The first-order chi connectivity index (χ1) is 10.1. The van der Waals surface area contributed by atoms with Gasteiger partial charge >= 0.3 is 0 Å². The average Bonchev–Trinajstić information content (AvgIpc) is 2.65. The van der Waals surface area contributed by atoms with Crippen LogP contribution in [-0.2, 0) is 0 Å². The summed E-state index contributed by atoms with van der Waals surface area (Å²) in [6.45, 7) is 3.45. The lowest BCUT2D eigenvalue weighted by Gasteiger charge is -2.20. The van der Waals surface area contributed by atoms with Crippen LogP contribution in [0.1, 0.15) is 16.1 Å². The number of carbonyl (C=O) groups is 1. The van der Waals surface area contributed by atoms with Crippen LogP contribution in [0.2, 0.25) is 5.02 Å². The van der Waals surface area contributed by atoms with Crippen molar-refractivity contribution in [3.05, 3.63) is 28.1 Å². The van der Waals surface area contributed by atoms with E-state index >= 15 is 0 Å². The Morgan fingerprint density at radius 3 is 2.86 bits per heavy atom. The Morgan fingerprint density at radius 2 is 2.10 bits per heavy atom. The van der Waals surface area contributed by atoms with Crippen LogP contribution in [-0.4, -0.2) is 48.9 Å². The highest BCUT2D eigenvalue weighted by atomic mass is 35.5. The zero-order valence-corrected chi connectivity index (χ0v) is 13.5. The number of nitrogens with two attached hydrogens (primary N) is 1. The molecule has 0 saturated carbocycles. The maximum atomic E-state index is 12.8. The number of hydrogen-bond acceptors (Lipinski definition) is 4. The van der Waals surface area contributed by atoms with Crippen molar-refractivity contribution in [1.82, 2.24) is 9.80 Å². The van der Waals surface area contributed by atoms with Crippen molar-refractivity contribution in [2.75, 3.05) is 39.0 Å². The smallest absolute Gasteiger partial charge is 0.266 e. The van der Waals surface area contributed by atoms with Crippen LogP contribution in [0.15, 0.2) is 18.2 Å². The quantitative estimate of drug-likeness (QED) is 0.878. The number of nitrogen functional groups attached to an aromatic ring is 1. The predicted octanol–water partition coefficient (Wildman–Crippen LogP) is 2.91. The summed E-state index contributed by atoms with van der Waals surface area (Å²) in [5, 5.41) is 1.41. The van der Waals surface area contributed by atoms with E-state index in [0.717, 1.165) is 42.7 Å². The van der Waals surface area contributed by atoms with Gasteiger partial charge in [0.2, 0.25) is 0 Å². The van der Waals surface area contributed by atoms with Gasteiger partial charge in [0, 0.05) is 29.7 Å². The maximum Gasteiger partial charge on any atom is 0.266 e. The monoisotopic (exact) mass is 323 g/mol. The first kappa shape index (κ1) is 14.6. The molecule has 6 heteroatoms. The van der Waals surface area contributed by atoms with Gasteiger partial charge in [-0.1, -0.05) is 17.7 Å². The number of likely N-dealkylation sites (N-methyl/N-ethyl adjacent to an activating group) is 1. The number of benzene rings is 1. The molecule has 1 amide bonds. The number of hydrogen-bond donors (Lipinski definition) is 1. The topological polar surface area (TPSA) is 49.6 Å². The first-order valence-electron chi connectivity index (χ1n) is 7.02. The SMILES string of the molecule is CN1CCCN(C(=O)c2sc3cccc(Cl)c3c2N)CC1. The number of halogens is 1. The molecule has 0 atom stereocenters. The van der Waals surface area contributed by atoms with Crippen LogP contribution < -0.4 is 5.73 Å². The second-order valence-electron chi connectivity index (χ2n) is 5.41. The molecule has 21 heavy (non-hydrogen) atoms. The highest BCUT2D eigenvalue weighted by Gasteiger charge is 2.24. The highest BCUT2D eigenvalue weighted by Crippen LogP contribution is 2.38. The van der Waals surface area contributed by atoms with E-state index in [-0.39, 0.29) is 5.91 Å². The number of rotatable bonds is 1. The summed E-state index contributed by atoms with van der Waals surface area (Å²) in [5.41, 5.74) is 6.70.